The van der Waals surface area contributed by atoms with Crippen molar-refractivity contribution >= 4 is 28.1 Å². The van der Waals surface area contributed by atoms with Crippen molar-refractivity contribution in [1.82, 2.24) is 5.43 Å². The summed E-state index contributed by atoms with van der Waals surface area (Å²) in [4.78, 5) is 12.2. The first kappa shape index (κ1) is 18.1. The monoisotopic (exact) mass is 420 g/mol. The summed E-state index contributed by atoms with van der Waals surface area (Å²) in [5, 5.41) is 13.8. The Kier molecular flexibility index (Phi) is 5.62. The number of carbonyl (C=O) groups is 1. The van der Waals surface area contributed by atoms with Crippen LogP contribution in [0.15, 0.2) is 46.0 Å². The standard InChI is InChI=1S/C18H17BrN2O5/c1-2-24-15-8-11(7-12(19)17(15)22)9-20-21-18(23)16-10-25-13-5-3-4-6-14(13)26-16/h3-9,16,22H,2,10H2,1H3,(H,21,23)/b20-9-. The third kappa shape index (κ3) is 4.08. The summed E-state index contributed by atoms with van der Waals surface area (Å²) in [6.07, 6.45) is 0.662. The van der Waals surface area contributed by atoms with Crippen LogP contribution in [-0.2, 0) is 4.79 Å². The number of hydrogen-bond donors (Lipinski definition) is 2. The third-order valence-corrected chi connectivity index (χ3v) is 4.14. The Hall–Kier alpha value is -2.74. The Balaban J connectivity index is 1.63. The number of rotatable bonds is 5. The summed E-state index contributed by atoms with van der Waals surface area (Å²) in [6.45, 7) is 2.34. The highest BCUT2D eigenvalue weighted by atomic mass is 79.9. The number of amides is 1. The van der Waals surface area contributed by atoms with Crippen LogP contribution in [0.3, 0.4) is 0 Å². The van der Waals surface area contributed by atoms with E-state index in [1.807, 2.05) is 13.0 Å². The molecule has 0 saturated carbocycles. The van der Waals surface area contributed by atoms with E-state index < -0.39 is 12.0 Å². The molecule has 1 amide bonds. The number of phenols is 1. The van der Waals surface area contributed by atoms with Crippen molar-refractivity contribution < 1.29 is 24.1 Å². The molecular weight excluding hydrogens is 404 g/mol. The maximum absolute atomic E-state index is 12.2. The maximum Gasteiger partial charge on any atom is 0.284 e. The average molecular weight is 421 g/mol. The fourth-order valence-electron chi connectivity index (χ4n) is 2.33. The van der Waals surface area contributed by atoms with Gasteiger partial charge in [-0.25, -0.2) is 5.43 Å². The number of para-hydroxylation sites is 2. The number of ether oxygens (including phenoxy) is 3. The number of nitrogens with zero attached hydrogens (tertiary/aromatic N) is 1. The second-order valence-corrected chi connectivity index (χ2v) is 6.24. The van der Waals surface area contributed by atoms with Crippen LogP contribution >= 0.6 is 15.9 Å². The molecule has 0 spiro atoms. The van der Waals surface area contributed by atoms with Gasteiger partial charge in [-0.15, -0.1) is 0 Å². The van der Waals surface area contributed by atoms with Crippen LogP contribution < -0.4 is 19.6 Å². The molecule has 2 N–H and O–H groups in total. The van der Waals surface area contributed by atoms with Gasteiger partial charge in [0.15, 0.2) is 23.0 Å². The Morgan fingerprint density at radius 2 is 2.19 bits per heavy atom. The first-order valence-corrected chi connectivity index (χ1v) is 8.74. The number of hydrazone groups is 1. The molecule has 2 aromatic carbocycles. The van der Waals surface area contributed by atoms with E-state index >= 15 is 0 Å². The molecule has 3 rings (SSSR count). The van der Waals surface area contributed by atoms with E-state index in [0.29, 0.717) is 33.9 Å². The van der Waals surface area contributed by atoms with Crippen LogP contribution in [0, 0.1) is 0 Å². The molecule has 0 bridgehead atoms. The Morgan fingerprint density at radius 3 is 2.96 bits per heavy atom. The van der Waals surface area contributed by atoms with Gasteiger partial charge in [-0.2, -0.15) is 5.10 Å². The molecule has 26 heavy (non-hydrogen) atoms. The molecule has 1 heterocycles. The average Bonchev–Trinajstić information content (AvgIpc) is 2.65. The van der Waals surface area contributed by atoms with Gasteiger partial charge in [-0.05, 0) is 52.7 Å². The normalized spacial score (nSPS) is 15.7. The molecule has 1 aliphatic heterocycles. The molecule has 0 saturated heterocycles. The highest BCUT2D eigenvalue weighted by Crippen LogP contribution is 2.35. The Bertz CT molecular complexity index is 840. The molecule has 1 unspecified atom stereocenters. The van der Waals surface area contributed by atoms with Gasteiger partial charge in [-0.1, -0.05) is 12.1 Å². The molecule has 1 aliphatic rings. The summed E-state index contributed by atoms with van der Waals surface area (Å²) in [5.41, 5.74) is 3.07. The molecule has 7 nitrogen and oxygen atoms in total. The zero-order chi connectivity index (χ0) is 18.5. The van der Waals surface area contributed by atoms with Gasteiger partial charge in [0.05, 0.1) is 17.3 Å². The lowest BCUT2D eigenvalue weighted by molar-refractivity contribution is -0.130. The van der Waals surface area contributed by atoms with Crippen LogP contribution in [-0.4, -0.2) is 36.5 Å². The highest BCUT2D eigenvalue weighted by molar-refractivity contribution is 9.10. The van der Waals surface area contributed by atoms with Crippen molar-refractivity contribution in [2.75, 3.05) is 13.2 Å². The van der Waals surface area contributed by atoms with Crippen molar-refractivity contribution in [3.05, 3.63) is 46.4 Å². The van der Waals surface area contributed by atoms with E-state index in [9.17, 15) is 9.90 Å². The number of carbonyl (C=O) groups excluding carboxylic acids is 1. The van der Waals surface area contributed by atoms with E-state index in [1.165, 1.54) is 6.21 Å². The van der Waals surface area contributed by atoms with E-state index in [4.69, 9.17) is 14.2 Å². The Morgan fingerprint density at radius 1 is 1.42 bits per heavy atom. The van der Waals surface area contributed by atoms with E-state index in [2.05, 4.69) is 26.5 Å². The number of phenolic OH excluding ortho intramolecular Hbond substituents is 1. The third-order valence-electron chi connectivity index (χ3n) is 3.54. The topological polar surface area (TPSA) is 89.4 Å². The molecule has 8 heteroatoms. The minimum atomic E-state index is -0.785. The highest BCUT2D eigenvalue weighted by Gasteiger charge is 2.26. The number of aromatic hydroxyl groups is 1. The summed E-state index contributed by atoms with van der Waals surface area (Å²) in [7, 11) is 0. The zero-order valence-electron chi connectivity index (χ0n) is 13.9. The second-order valence-electron chi connectivity index (χ2n) is 5.38. The largest absolute Gasteiger partial charge is 0.503 e. The van der Waals surface area contributed by atoms with Crippen LogP contribution in [0.2, 0.25) is 0 Å². The molecule has 0 fully saturated rings. The fraction of sp³-hybridized carbons (Fsp3) is 0.222. The number of nitrogens with one attached hydrogen (secondary N) is 1. The summed E-state index contributed by atoms with van der Waals surface area (Å²) in [6, 6.07) is 10.4. The zero-order valence-corrected chi connectivity index (χ0v) is 15.5. The predicted octanol–water partition coefficient (Wildman–Crippen LogP) is 2.84. The number of hydrogen-bond acceptors (Lipinski definition) is 6. The van der Waals surface area contributed by atoms with E-state index in [-0.39, 0.29) is 12.4 Å². The van der Waals surface area contributed by atoms with Crippen LogP contribution in [0.25, 0.3) is 0 Å². The Labute approximate surface area is 158 Å². The minimum Gasteiger partial charge on any atom is -0.503 e. The van der Waals surface area contributed by atoms with Gasteiger partial charge in [0.1, 0.15) is 6.61 Å². The molecule has 0 aliphatic carbocycles. The SMILES string of the molecule is CCOc1cc(/C=N\NC(=O)C2COc3ccccc3O2)cc(Br)c1O. The van der Waals surface area contributed by atoms with Crippen molar-refractivity contribution in [1.29, 1.82) is 0 Å². The van der Waals surface area contributed by atoms with Crippen molar-refractivity contribution in [2.45, 2.75) is 13.0 Å². The van der Waals surface area contributed by atoms with Crippen LogP contribution in [0.5, 0.6) is 23.0 Å². The quantitative estimate of drug-likeness (QED) is 0.573. The molecular formula is C18H17BrN2O5. The van der Waals surface area contributed by atoms with E-state index in [0.717, 1.165) is 0 Å². The lowest BCUT2D eigenvalue weighted by Crippen LogP contribution is -2.42. The molecule has 136 valence electrons. The van der Waals surface area contributed by atoms with Gasteiger partial charge in [0, 0.05) is 0 Å². The maximum atomic E-state index is 12.2. The van der Waals surface area contributed by atoms with Crippen molar-refractivity contribution in [3.63, 3.8) is 0 Å². The van der Waals surface area contributed by atoms with Gasteiger partial charge in [0.2, 0.25) is 6.10 Å². The molecule has 1 atom stereocenters. The minimum absolute atomic E-state index is 0.0134. The van der Waals surface area contributed by atoms with Crippen LogP contribution in [0.4, 0.5) is 0 Å². The smallest absolute Gasteiger partial charge is 0.284 e. The first-order valence-electron chi connectivity index (χ1n) is 7.95. The lowest BCUT2D eigenvalue weighted by Gasteiger charge is -2.24. The van der Waals surface area contributed by atoms with E-state index in [1.54, 1.807) is 30.3 Å². The number of benzene rings is 2. The van der Waals surface area contributed by atoms with Gasteiger partial charge in [-0.3, -0.25) is 4.79 Å². The van der Waals surface area contributed by atoms with Gasteiger partial charge < -0.3 is 19.3 Å². The molecule has 2 aromatic rings. The number of fused-ring (bicyclic) bond motifs is 1. The van der Waals surface area contributed by atoms with Crippen molar-refractivity contribution in [2.24, 2.45) is 5.10 Å². The fourth-order valence-corrected chi connectivity index (χ4v) is 2.78. The second kappa shape index (κ2) is 8.09. The summed E-state index contributed by atoms with van der Waals surface area (Å²) in [5.74, 6) is 1.05. The molecule has 0 radical (unpaired) electrons. The predicted molar refractivity (Wildman–Crippen MR) is 99.1 cm³/mol. The van der Waals surface area contributed by atoms with Crippen molar-refractivity contribution in [3.8, 4) is 23.0 Å². The van der Waals surface area contributed by atoms with Gasteiger partial charge >= 0.3 is 0 Å². The summed E-state index contributed by atoms with van der Waals surface area (Å²) >= 11 is 3.25. The first-order chi connectivity index (χ1) is 12.6. The van der Waals surface area contributed by atoms with Crippen LogP contribution in [0.1, 0.15) is 12.5 Å². The molecule has 0 aromatic heterocycles. The van der Waals surface area contributed by atoms with Gasteiger partial charge in [0.25, 0.3) is 5.91 Å². The summed E-state index contributed by atoms with van der Waals surface area (Å²) < 4.78 is 16.9. The lowest BCUT2D eigenvalue weighted by atomic mass is 10.2. The number of halogens is 1.